The molecular weight excluding hydrogens is 412 g/mol. The van der Waals surface area contributed by atoms with Gasteiger partial charge in [0.05, 0.1) is 17.5 Å². The molecule has 0 unspecified atom stereocenters. The average molecular weight is 441 g/mol. The number of aromatic nitrogens is 5. The maximum atomic E-state index is 12.5. The first-order valence-electron chi connectivity index (χ1n) is 11.1. The van der Waals surface area contributed by atoms with Crippen molar-refractivity contribution in [3.63, 3.8) is 0 Å². The van der Waals surface area contributed by atoms with Gasteiger partial charge in [0.1, 0.15) is 11.2 Å². The SMILES string of the molecule is C[C@H]1C[C@H]1c1nc(-c2cnn3c(C4CCN(C(=O)OC(C)(C)C)CC4)cc(=O)[nH]c23)no1. The van der Waals surface area contributed by atoms with E-state index in [0.717, 1.165) is 25.0 Å². The Balaban J connectivity index is 1.38. The fraction of sp³-hybridized carbons (Fsp3) is 0.591. The molecule has 1 amide bonds. The zero-order valence-electron chi connectivity index (χ0n) is 18.8. The minimum Gasteiger partial charge on any atom is -0.444 e. The summed E-state index contributed by atoms with van der Waals surface area (Å²) in [7, 11) is 0. The molecule has 10 heteroatoms. The molecule has 1 saturated heterocycles. The first-order chi connectivity index (χ1) is 15.2. The molecule has 3 aromatic rings. The number of hydrogen-bond acceptors (Lipinski definition) is 7. The lowest BCUT2D eigenvalue weighted by molar-refractivity contribution is 0.0203. The number of rotatable bonds is 3. The molecule has 2 fully saturated rings. The molecule has 4 heterocycles. The van der Waals surface area contributed by atoms with Crippen LogP contribution >= 0.6 is 0 Å². The molecule has 2 atom stereocenters. The highest BCUT2D eigenvalue weighted by Crippen LogP contribution is 2.46. The van der Waals surface area contributed by atoms with Gasteiger partial charge in [0, 0.05) is 31.0 Å². The monoisotopic (exact) mass is 440 g/mol. The standard InChI is InChI=1S/C22H28N6O4/c1-12-9-14(12)20-25-18(26-32-20)15-11-23-28-16(10-17(29)24-19(15)28)13-5-7-27(8-6-13)21(30)31-22(2,3)4/h10-14H,5-9H2,1-4H3,(H,24,29)/t12-,14+/m0/s1. The summed E-state index contributed by atoms with van der Waals surface area (Å²) in [6.07, 6.45) is 3.86. The molecule has 10 nitrogen and oxygen atoms in total. The van der Waals surface area contributed by atoms with Crippen LogP contribution in [-0.2, 0) is 4.74 Å². The largest absolute Gasteiger partial charge is 0.444 e. The van der Waals surface area contributed by atoms with Crippen LogP contribution in [0.1, 0.15) is 70.4 Å². The number of amides is 1. The van der Waals surface area contributed by atoms with Crippen molar-refractivity contribution in [3.8, 4) is 11.4 Å². The minimum atomic E-state index is -0.523. The third kappa shape index (κ3) is 3.89. The maximum absolute atomic E-state index is 12.5. The lowest BCUT2D eigenvalue weighted by Gasteiger charge is -2.33. The quantitative estimate of drug-likeness (QED) is 0.664. The molecule has 0 aromatic carbocycles. The van der Waals surface area contributed by atoms with Gasteiger partial charge in [-0.2, -0.15) is 10.1 Å². The summed E-state index contributed by atoms with van der Waals surface area (Å²) in [4.78, 5) is 34.0. The van der Waals surface area contributed by atoms with Gasteiger partial charge in [-0.05, 0) is 46.0 Å². The van der Waals surface area contributed by atoms with Gasteiger partial charge in [-0.3, -0.25) is 4.79 Å². The minimum absolute atomic E-state index is 0.0966. The Morgan fingerprint density at radius 2 is 2.00 bits per heavy atom. The summed E-state index contributed by atoms with van der Waals surface area (Å²) in [6, 6.07) is 1.59. The summed E-state index contributed by atoms with van der Waals surface area (Å²) < 4.78 is 12.7. The predicted molar refractivity (Wildman–Crippen MR) is 115 cm³/mol. The van der Waals surface area contributed by atoms with E-state index in [-0.39, 0.29) is 17.6 Å². The molecule has 5 rings (SSSR count). The second kappa shape index (κ2) is 7.46. The highest BCUT2D eigenvalue weighted by molar-refractivity contribution is 5.72. The molecule has 1 aliphatic heterocycles. The molecule has 0 bridgehead atoms. The van der Waals surface area contributed by atoms with E-state index in [2.05, 4.69) is 27.1 Å². The van der Waals surface area contributed by atoms with Gasteiger partial charge >= 0.3 is 6.09 Å². The third-order valence-electron chi connectivity index (χ3n) is 6.21. The van der Waals surface area contributed by atoms with Crippen LogP contribution in [0.3, 0.4) is 0 Å². The fourth-order valence-corrected chi connectivity index (χ4v) is 4.31. The van der Waals surface area contributed by atoms with E-state index in [1.165, 1.54) is 0 Å². The van der Waals surface area contributed by atoms with Crippen LogP contribution in [0, 0.1) is 5.92 Å². The van der Waals surface area contributed by atoms with Crippen LogP contribution in [0.25, 0.3) is 17.0 Å². The lowest BCUT2D eigenvalue weighted by atomic mass is 9.93. The zero-order chi connectivity index (χ0) is 22.6. The summed E-state index contributed by atoms with van der Waals surface area (Å²) in [5.74, 6) is 2.05. The van der Waals surface area contributed by atoms with Crippen LogP contribution in [0.5, 0.6) is 0 Å². The number of fused-ring (bicyclic) bond motifs is 1. The Morgan fingerprint density at radius 1 is 1.28 bits per heavy atom. The van der Waals surface area contributed by atoms with Crippen LogP contribution in [0.15, 0.2) is 21.6 Å². The van der Waals surface area contributed by atoms with Crippen molar-refractivity contribution in [1.82, 2.24) is 29.6 Å². The van der Waals surface area contributed by atoms with E-state index in [1.807, 2.05) is 20.8 Å². The molecule has 1 aliphatic carbocycles. The first-order valence-corrected chi connectivity index (χ1v) is 11.1. The van der Waals surface area contributed by atoms with E-state index in [4.69, 9.17) is 9.26 Å². The number of nitrogens with one attached hydrogen (secondary N) is 1. The molecule has 32 heavy (non-hydrogen) atoms. The van der Waals surface area contributed by atoms with Gasteiger partial charge in [-0.1, -0.05) is 12.1 Å². The van der Waals surface area contributed by atoms with Crippen molar-refractivity contribution in [3.05, 3.63) is 34.2 Å². The number of H-pyrrole nitrogens is 1. The molecule has 170 valence electrons. The number of piperidine rings is 1. The van der Waals surface area contributed by atoms with Gasteiger partial charge in [0.15, 0.2) is 0 Å². The van der Waals surface area contributed by atoms with Crippen LogP contribution in [-0.4, -0.2) is 54.4 Å². The maximum Gasteiger partial charge on any atom is 0.410 e. The number of hydrogen-bond donors (Lipinski definition) is 1. The zero-order valence-corrected chi connectivity index (χ0v) is 18.8. The summed E-state index contributed by atoms with van der Waals surface area (Å²) in [5.41, 5.74) is 1.28. The van der Waals surface area contributed by atoms with E-state index in [0.29, 0.717) is 47.9 Å². The van der Waals surface area contributed by atoms with Crippen molar-refractivity contribution < 1.29 is 14.1 Å². The van der Waals surface area contributed by atoms with E-state index >= 15 is 0 Å². The third-order valence-corrected chi connectivity index (χ3v) is 6.21. The average Bonchev–Trinajstić information content (AvgIpc) is 3.12. The van der Waals surface area contributed by atoms with Gasteiger partial charge < -0.3 is 19.1 Å². The summed E-state index contributed by atoms with van der Waals surface area (Å²) >= 11 is 0. The predicted octanol–water partition coefficient (Wildman–Crippen LogP) is 3.31. The van der Waals surface area contributed by atoms with E-state index in [1.54, 1.807) is 21.7 Å². The molecule has 3 aromatic heterocycles. The van der Waals surface area contributed by atoms with Gasteiger partial charge in [-0.25, -0.2) is 9.31 Å². The number of carbonyl (C=O) groups is 1. The highest BCUT2D eigenvalue weighted by Gasteiger charge is 2.39. The Labute approximate surface area is 184 Å². The normalized spacial score (nSPS) is 21.8. The Kier molecular flexibility index (Phi) is 4.83. The van der Waals surface area contributed by atoms with E-state index < -0.39 is 5.60 Å². The van der Waals surface area contributed by atoms with Crippen molar-refractivity contribution in [2.24, 2.45) is 5.92 Å². The van der Waals surface area contributed by atoms with E-state index in [9.17, 15) is 9.59 Å². The second-order valence-corrected chi connectivity index (χ2v) is 9.89. The number of carbonyl (C=O) groups excluding carboxylic acids is 1. The van der Waals surface area contributed by atoms with Crippen LogP contribution < -0.4 is 5.56 Å². The molecular formula is C22H28N6O4. The lowest BCUT2D eigenvalue weighted by Crippen LogP contribution is -2.41. The Hall–Kier alpha value is -3.17. The number of aromatic amines is 1. The highest BCUT2D eigenvalue weighted by atomic mass is 16.6. The molecule has 1 saturated carbocycles. The summed E-state index contributed by atoms with van der Waals surface area (Å²) in [5, 5.41) is 8.63. The topological polar surface area (TPSA) is 119 Å². The summed E-state index contributed by atoms with van der Waals surface area (Å²) in [6.45, 7) is 8.86. The van der Waals surface area contributed by atoms with Crippen molar-refractivity contribution in [2.75, 3.05) is 13.1 Å². The Morgan fingerprint density at radius 3 is 2.66 bits per heavy atom. The molecule has 2 aliphatic rings. The van der Waals surface area contributed by atoms with Gasteiger partial charge in [0.25, 0.3) is 5.56 Å². The second-order valence-electron chi connectivity index (χ2n) is 9.89. The van der Waals surface area contributed by atoms with Crippen molar-refractivity contribution in [1.29, 1.82) is 0 Å². The Bertz CT molecular complexity index is 1210. The van der Waals surface area contributed by atoms with Gasteiger partial charge in [0.2, 0.25) is 11.7 Å². The van der Waals surface area contributed by atoms with Crippen molar-refractivity contribution >= 4 is 11.7 Å². The molecule has 1 N–H and O–H groups in total. The number of nitrogens with zero attached hydrogens (tertiary/aromatic N) is 5. The molecule has 0 spiro atoms. The fourth-order valence-electron chi connectivity index (χ4n) is 4.31. The number of ether oxygens (including phenoxy) is 1. The van der Waals surface area contributed by atoms with Crippen molar-refractivity contribution in [2.45, 2.75) is 64.4 Å². The first kappa shape index (κ1) is 20.7. The number of likely N-dealkylation sites (tertiary alicyclic amines) is 1. The van der Waals surface area contributed by atoms with Crippen LogP contribution in [0.2, 0.25) is 0 Å². The van der Waals surface area contributed by atoms with Crippen LogP contribution in [0.4, 0.5) is 4.79 Å². The molecule has 0 radical (unpaired) electrons. The smallest absolute Gasteiger partial charge is 0.410 e. The van der Waals surface area contributed by atoms with Gasteiger partial charge in [-0.15, -0.1) is 0 Å².